The Morgan fingerprint density at radius 1 is 1.38 bits per heavy atom. The monoisotopic (exact) mass is 292 g/mol. The molecule has 5 nitrogen and oxygen atoms in total. The van der Waals surface area contributed by atoms with Crippen LogP contribution in [0.2, 0.25) is 0 Å². The standard InChI is InChI=1S/C16H24N2O3/c1-11(16(19)18-13-5-3-4-6-13)21-15-9-12(10-17)7-8-14(15)20-2/h7-9,11,13H,3-6,10,17H2,1-2H3,(H,18,19). The van der Waals surface area contributed by atoms with Crippen LogP contribution in [0.3, 0.4) is 0 Å². The third-order valence-corrected chi connectivity index (χ3v) is 3.84. The third kappa shape index (κ3) is 4.11. The van der Waals surface area contributed by atoms with E-state index in [2.05, 4.69) is 5.32 Å². The van der Waals surface area contributed by atoms with Crippen molar-refractivity contribution in [1.29, 1.82) is 0 Å². The molecule has 0 aromatic heterocycles. The van der Waals surface area contributed by atoms with Gasteiger partial charge >= 0.3 is 0 Å². The second-order valence-corrected chi connectivity index (χ2v) is 5.44. The maximum Gasteiger partial charge on any atom is 0.260 e. The number of amides is 1. The van der Waals surface area contributed by atoms with E-state index in [1.165, 1.54) is 12.8 Å². The fraction of sp³-hybridized carbons (Fsp3) is 0.562. The van der Waals surface area contributed by atoms with Crippen LogP contribution >= 0.6 is 0 Å². The lowest BCUT2D eigenvalue weighted by molar-refractivity contribution is -0.128. The minimum atomic E-state index is -0.562. The molecule has 2 rings (SSSR count). The van der Waals surface area contributed by atoms with E-state index in [1.807, 2.05) is 12.1 Å². The predicted octanol–water partition coefficient (Wildman–Crippen LogP) is 1.98. The molecule has 0 radical (unpaired) electrons. The lowest BCUT2D eigenvalue weighted by Crippen LogP contribution is -2.41. The molecular formula is C16H24N2O3. The van der Waals surface area contributed by atoms with Crippen LogP contribution < -0.4 is 20.5 Å². The highest BCUT2D eigenvalue weighted by molar-refractivity contribution is 5.81. The van der Waals surface area contributed by atoms with Gasteiger partial charge < -0.3 is 20.5 Å². The van der Waals surface area contributed by atoms with Crippen molar-refractivity contribution in [2.75, 3.05) is 7.11 Å². The molecule has 0 bridgehead atoms. The fourth-order valence-electron chi connectivity index (χ4n) is 2.57. The number of carbonyl (C=O) groups excluding carboxylic acids is 1. The lowest BCUT2D eigenvalue weighted by Gasteiger charge is -2.19. The van der Waals surface area contributed by atoms with Gasteiger partial charge in [-0.25, -0.2) is 0 Å². The minimum absolute atomic E-state index is 0.0814. The third-order valence-electron chi connectivity index (χ3n) is 3.84. The van der Waals surface area contributed by atoms with Crippen molar-refractivity contribution < 1.29 is 14.3 Å². The lowest BCUT2D eigenvalue weighted by atomic mass is 10.2. The van der Waals surface area contributed by atoms with Crippen molar-refractivity contribution in [1.82, 2.24) is 5.32 Å². The zero-order valence-electron chi connectivity index (χ0n) is 12.7. The Morgan fingerprint density at radius 2 is 2.10 bits per heavy atom. The van der Waals surface area contributed by atoms with Gasteiger partial charge in [-0.2, -0.15) is 0 Å². The molecule has 21 heavy (non-hydrogen) atoms. The van der Waals surface area contributed by atoms with Crippen molar-refractivity contribution in [3.8, 4) is 11.5 Å². The van der Waals surface area contributed by atoms with E-state index in [1.54, 1.807) is 20.1 Å². The molecule has 1 aromatic rings. The highest BCUT2D eigenvalue weighted by Gasteiger charge is 2.22. The first-order chi connectivity index (χ1) is 10.1. The summed E-state index contributed by atoms with van der Waals surface area (Å²) < 4.78 is 11.0. The molecule has 1 fully saturated rings. The zero-order valence-corrected chi connectivity index (χ0v) is 12.7. The van der Waals surface area contributed by atoms with Crippen LogP contribution in [0.4, 0.5) is 0 Å². The van der Waals surface area contributed by atoms with E-state index >= 15 is 0 Å². The quantitative estimate of drug-likeness (QED) is 0.841. The Bertz CT molecular complexity index is 484. The Hall–Kier alpha value is -1.75. The summed E-state index contributed by atoms with van der Waals surface area (Å²) in [7, 11) is 1.58. The van der Waals surface area contributed by atoms with Crippen LogP contribution in [0, 0.1) is 0 Å². The van der Waals surface area contributed by atoms with E-state index in [0.717, 1.165) is 18.4 Å². The van der Waals surface area contributed by atoms with E-state index in [9.17, 15) is 4.79 Å². The summed E-state index contributed by atoms with van der Waals surface area (Å²) in [6.07, 6.45) is 3.93. The van der Waals surface area contributed by atoms with Crippen LogP contribution in [-0.4, -0.2) is 25.2 Å². The second kappa shape index (κ2) is 7.31. The number of rotatable bonds is 6. The zero-order chi connectivity index (χ0) is 15.2. The SMILES string of the molecule is COc1ccc(CN)cc1OC(C)C(=O)NC1CCCC1. The summed E-state index contributed by atoms with van der Waals surface area (Å²) in [5, 5.41) is 3.04. The molecular weight excluding hydrogens is 268 g/mol. The van der Waals surface area contributed by atoms with Crippen molar-refractivity contribution in [3.05, 3.63) is 23.8 Å². The number of hydrogen-bond donors (Lipinski definition) is 2. The van der Waals surface area contributed by atoms with Gasteiger partial charge in [0.2, 0.25) is 0 Å². The van der Waals surface area contributed by atoms with Crippen LogP contribution in [0.5, 0.6) is 11.5 Å². The molecule has 1 unspecified atom stereocenters. The van der Waals surface area contributed by atoms with Crippen molar-refractivity contribution in [3.63, 3.8) is 0 Å². The first kappa shape index (κ1) is 15.6. The summed E-state index contributed by atoms with van der Waals surface area (Å²) in [5.74, 6) is 1.07. The summed E-state index contributed by atoms with van der Waals surface area (Å²) >= 11 is 0. The molecule has 1 saturated carbocycles. The average Bonchev–Trinajstić information content (AvgIpc) is 2.99. The van der Waals surface area contributed by atoms with Gasteiger partial charge in [-0.1, -0.05) is 18.9 Å². The molecule has 3 N–H and O–H groups in total. The molecule has 1 atom stereocenters. The Balaban J connectivity index is 2.00. The molecule has 1 aliphatic carbocycles. The summed E-state index contributed by atoms with van der Waals surface area (Å²) in [6.45, 7) is 2.17. The minimum Gasteiger partial charge on any atom is -0.493 e. The molecule has 1 amide bonds. The molecule has 1 aromatic carbocycles. The number of ether oxygens (including phenoxy) is 2. The molecule has 1 aliphatic rings. The van der Waals surface area contributed by atoms with E-state index in [4.69, 9.17) is 15.2 Å². The van der Waals surface area contributed by atoms with Gasteiger partial charge in [0.25, 0.3) is 5.91 Å². The van der Waals surface area contributed by atoms with Crippen molar-refractivity contribution in [2.24, 2.45) is 5.73 Å². The summed E-state index contributed by atoms with van der Waals surface area (Å²) in [6, 6.07) is 5.80. The predicted molar refractivity (Wildman–Crippen MR) is 81.4 cm³/mol. The van der Waals surface area contributed by atoms with Gasteiger partial charge in [0, 0.05) is 12.6 Å². The Kier molecular flexibility index (Phi) is 5.44. The molecule has 0 heterocycles. The van der Waals surface area contributed by atoms with Gasteiger partial charge in [-0.3, -0.25) is 4.79 Å². The highest BCUT2D eigenvalue weighted by atomic mass is 16.5. The average molecular weight is 292 g/mol. The van der Waals surface area contributed by atoms with E-state index < -0.39 is 6.10 Å². The first-order valence-corrected chi connectivity index (χ1v) is 7.48. The van der Waals surface area contributed by atoms with Gasteiger partial charge in [-0.05, 0) is 37.5 Å². The molecule has 5 heteroatoms. The summed E-state index contributed by atoms with van der Waals surface area (Å²) in [4.78, 5) is 12.2. The Labute approximate surface area is 125 Å². The molecule has 0 aliphatic heterocycles. The summed E-state index contributed by atoms with van der Waals surface area (Å²) in [5.41, 5.74) is 6.57. The number of nitrogens with one attached hydrogen (secondary N) is 1. The van der Waals surface area contributed by atoms with Gasteiger partial charge in [0.05, 0.1) is 7.11 Å². The molecule has 0 saturated heterocycles. The Morgan fingerprint density at radius 3 is 2.71 bits per heavy atom. The maximum absolute atomic E-state index is 12.2. The van der Waals surface area contributed by atoms with Crippen LogP contribution in [0.1, 0.15) is 38.2 Å². The highest BCUT2D eigenvalue weighted by Crippen LogP contribution is 2.29. The topological polar surface area (TPSA) is 73.6 Å². The number of benzene rings is 1. The van der Waals surface area contributed by atoms with Gasteiger partial charge in [0.1, 0.15) is 0 Å². The van der Waals surface area contributed by atoms with Crippen LogP contribution in [0.25, 0.3) is 0 Å². The van der Waals surface area contributed by atoms with Gasteiger partial charge in [-0.15, -0.1) is 0 Å². The van der Waals surface area contributed by atoms with Crippen molar-refractivity contribution in [2.45, 2.75) is 51.3 Å². The smallest absolute Gasteiger partial charge is 0.260 e. The van der Waals surface area contributed by atoms with Crippen LogP contribution in [0.15, 0.2) is 18.2 Å². The first-order valence-electron chi connectivity index (χ1n) is 7.48. The number of hydrogen-bond acceptors (Lipinski definition) is 4. The fourth-order valence-corrected chi connectivity index (χ4v) is 2.57. The molecule has 0 spiro atoms. The molecule has 116 valence electrons. The maximum atomic E-state index is 12.2. The number of methoxy groups -OCH3 is 1. The second-order valence-electron chi connectivity index (χ2n) is 5.44. The largest absolute Gasteiger partial charge is 0.493 e. The normalized spacial score (nSPS) is 16.5. The van der Waals surface area contributed by atoms with Crippen LogP contribution in [-0.2, 0) is 11.3 Å². The van der Waals surface area contributed by atoms with E-state index in [-0.39, 0.29) is 5.91 Å². The van der Waals surface area contributed by atoms with Gasteiger partial charge in [0.15, 0.2) is 17.6 Å². The number of carbonyl (C=O) groups is 1. The van der Waals surface area contributed by atoms with Crippen molar-refractivity contribution >= 4 is 5.91 Å². The number of nitrogens with two attached hydrogens (primary N) is 1. The van der Waals surface area contributed by atoms with E-state index in [0.29, 0.717) is 24.1 Å².